The fourth-order valence-corrected chi connectivity index (χ4v) is 2.74. The molecule has 0 N–H and O–H groups in total. The van der Waals surface area contributed by atoms with Gasteiger partial charge in [-0.05, 0) is 6.92 Å². The van der Waals surface area contributed by atoms with Gasteiger partial charge in [-0.25, -0.2) is 4.98 Å². The quantitative estimate of drug-likeness (QED) is 0.690. The molecule has 1 aromatic carbocycles. The minimum atomic E-state index is -0.0373. The van der Waals surface area contributed by atoms with Gasteiger partial charge in [0.05, 0.1) is 11.1 Å². The highest BCUT2D eigenvalue weighted by molar-refractivity contribution is 7.17. The number of nitrogens with zero attached hydrogens (tertiary/aromatic N) is 3. The number of rotatable bonds is 4. The van der Waals surface area contributed by atoms with E-state index < -0.39 is 0 Å². The molecule has 100 valence electrons. The largest absolute Gasteiger partial charge is 0.286 e. The second kappa shape index (κ2) is 5.38. The highest BCUT2D eigenvalue weighted by atomic mass is 32.1. The van der Waals surface area contributed by atoms with E-state index in [1.807, 2.05) is 36.0 Å². The maximum atomic E-state index is 12.3. The van der Waals surface area contributed by atoms with Crippen LogP contribution in [0.1, 0.15) is 22.3 Å². The summed E-state index contributed by atoms with van der Waals surface area (Å²) in [5, 5.41) is 4.74. The summed E-state index contributed by atoms with van der Waals surface area (Å²) in [5.41, 5.74) is 1.66. The van der Waals surface area contributed by atoms with E-state index in [9.17, 15) is 4.79 Å². The molecule has 0 amide bonds. The summed E-state index contributed by atoms with van der Waals surface area (Å²) < 4.78 is 1.85. The van der Waals surface area contributed by atoms with Gasteiger partial charge in [-0.15, -0.1) is 11.3 Å². The van der Waals surface area contributed by atoms with Gasteiger partial charge in [0.25, 0.3) is 0 Å². The third kappa shape index (κ3) is 2.40. The van der Waals surface area contributed by atoms with E-state index >= 15 is 0 Å². The number of hydrogen-bond donors (Lipinski definition) is 0. The van der Waals surface area contributed by atoms with Crippen LogP contribution in [0.25, 0.3) is 10.4 Å². The Kier molecular flexibility index (Phi) is 3.43. The average molecular weight is 283 g/mol. The van der Waals surface area contributed by atoms with Gasteiger partial charge in [-0.1, -0.05) is 30.3 Å². The molecule has 0 atom stereocenters. The number of ketones is 1. The molecule has 0 aliphatic rings. The van der Waals surface area contributed by atoms with E-state index in [2.05, 4.69) is 10.1 Å². The molecular weight excluding hydrogens is 270 g/mol. The summed E-state index contributed by atoms with van der Waals surface area (Å²) in [4.78, 5) is 17.5. The molecule has 0 radical (unpaired) electrons. The summed E-state index contributed by atoms with van der Waals surface area (Å²) in [5.74, 6) is -0.0373. The molecule has 3 aromatic rings. The minimum absolute atomic E-state index is 0.0373. The van der Waals surface area contributed by atoms with Gasteiger partial charge in [0.15, 0.2) is 5.01 Å². The van der Waals surface area contributed by atoms with Crippen LogP contribution < -0.4 is 0 Å². The fourth-order valence-electron chi connectivity index (χ4n) is 1.89. The van der Waals surface area contributed by atoms with E-state index in [0.717, 1.165) is 17.0 Å². The van der Waals surface area contributed by atoms with Crippen molar-refractivity contribution in [1.82, 2.24) is 14.8 Å². The average Bonchev–Trinajstić information content (AvgIpc) is 3.16. The summed E-state index contributed by atoms with van der Waals surface area (Å²) >= 11 is 1.40. The Morgan fingerprint density at radius 2 is 2.05 bits per heavy atom. The minimum Gasteiger partial charge on any atom is -0.286 e. The Morgan fingerprint density at radius 3 is 2.75 bits per heavy atom. The van der Waals surface area contributed by atoms with Gasteiger partial charge in [0, 0.05) is 30.1 Å². The van der Waals surface area contributed by atoms with Crippen molar-refractivity contribution < 1.29 is 4.79 Å². The smallest absolute Gasteiger partial charge is 0.221 e. The molecular formula is C15H13N3OS. The Labute approximate surface area is 120 Å². The molecule has 2 heterocycles. The van der Waals surface area contributed by atoms with Crippen molar-refractivity contribution in [2.45, 2.75) is 13.5 Å². The number of thiazole rings is 1. The van der Waals surface area contributed by atoms with Crippen molar-refractivity contribution in [2.24, 2.45) is 0 Å². The molecule has 0 fully saturated rings. The molecule has 20 heavy (non-hydrogen) atoms. The van der Waals surface area contributed by atoms with Crippen molar-refractivity contribution >= 4 is 17.1 Å². The summed E-state index contributed by atoms with van der Waals surface area (Å²) in [6, 6.07) is 9.21. The Hall–Kier alpha value is -2.27. The Bertz CT molecular complexity index is 730. The van der Waals surface area contributed by atoms with Crippen LogP contribution in [-0.2, 0) is 6.54 Å². The maximum Gasteiger partial charge on any atom is 0.221 e. The van der Waals surface area contributed by atoms with Gasteiger partial charge < -0.3 is 0 Å². The standard InChI is InChI=1S/C15H13N3OS/c1-2-18-10-12(8-17-18)13-9-16-15(20-13)14(19)11-6-4-3-5-7-11/h3-10H,2H2,1H3. The molecule has 0 saturated carbocycles. The highest BCUT2D eigenvalue weighted by Gasteiger charge is 2.14. The van der Waals surface area contributed by atoms with Gasteiger partial charge >= 0.3 is 0 Å². The lowest BCUT2D eigenvalue weighted by atomic mass is 10.1. The van der Waals surface area contributed by atoms with E-state index in [1.54, 1.807) is 24.5 Å². The predicted molar refractivity (Wildman–Crippen MR) is 78.9 cm³/mol. The molecule has 4 nitrogen and oxygen atoms in total. The lowest BCUT2D eigenvalue weighted by Crippen LogP contribution is -1.99. The first kappa shape index (κ1) is 12.7. The van der Waals surface area contributed by atoms with Crippen LogP contribution >= 0.6 is 11.3 Å². The van der Waals surface area contributed by atoms with E-state index in [0.29, 0.717) is 10.6 Å². The third-order valence-electron chi connectivity index (χ3n) is 2.98. The molecule has 0 bridgehead atoms. The summed E-state index contributed by atoms with van der Waals surface area (Å²) in [7, 11) is 0. The number of benzene rings is 1. The highest BCUT2D eigenvalue weighted by Crippen LogP contribution is 2.26. The van der Waals surface area contributed by atoms with E-state index in [1.165, 1.54) is 11.3 Å². The van der Waals surface area contributed by atoms with Gasteiger partial charge in [0.1, 0.15) is 0 Å². The van der Waals surface area contributed by atoms with Crippen molar-refractivity contribution in [3.05, 3.63) is 59.5 Å². The van der Waals surface area contributed by atoms with Crippen LogP contribution in [0.2, 0.25) is 0 Å². The molecule has 0 aliphatic heterocycles. The first-order valence-corrected chi connectivity index (χ1v) is 7.18. The zero-order valence-electron chi connectivity index (χ0n) is 11.0. The molecule has 0 saturated heterocycles. The van der Waals surface area contributed by atoms with Crippen LogP contribution in [0.4, 0.5) is 0 Å². The van der Waals surface area contributed by atoms with Crippen LogP contribution in [0.3, 0.4) is 0 Å². The second-order valence-electron chi connectivity index (χ2n) is 4.31. The first-order valence-electron chi connectivity index (χ1n) is 6.36. The molecule has 2 aromatic heterocycles. The number of aryl methyl sites for hydroxylation is 1. The molecule has 3 rings (SSSR count). The van der Waals surface area contributed by atoms with Crippen LogP contribution in [0, 0.1) is 0 Å². The zero-order chi connectivity index (χ0) is 13.9. The molecule has 5 heteroatoms. The zero-order valence-corrected chi connectivity index (χ0v) is 11.8. The lowest BCUT2D eigenvalue weighted by molar-refractivity contribution is 0.103. The van der Waals surface area contributed by atoms with Crippen LogP contribution in [0.5, 0.6) is 0 Å². The van der Waals surface area contributed by atoms with E-state index in [-0.39, 0.29) is 5.78 Å². The number of carbonyl (C=O) groups is 1. The first-order chi connectivity index (χ1) is 9.78. The van der Waals surface area contributed by atoms with Gasteiger partial charge in [-0.3, -0.25) is 9.48 Å². The predicted octanol–water partition coefficient (Wildman–Crippen LogP) is 3.26. The lowest BCUT2D eigenvalue weighted by Gasteiger charge is -1.95. The molecule has 0 unspecified atom stereocenters. The fraction of sp³-hybridized carbons (Fsp3) is 0.133. The van der Waals surface area contributed by atoms with Crippen molar-refractivity contribution in [3.8, 4) is 10.4 Å². The Morgan fingerprint density at radius 1 is 1.25 bits per heavy atom. The maximum absolute atomic E-state index is 12.3. The van der Waals surface area contributed by atoms with E-state index in [4.69, 9.17) is 0 Å². The normalized spacial score (nSPS) is 10.7. The summed E-state index contributed by atoms with van der Waals surface area (Å²) in [6.45, 7) is 2.86. The van der Waals surface area contributed by atoms with Crippen molar-refractivity contribution in [1.29, 1.82) is 0 Å². The topological polar surface area (TPSA) is 47.8 Å². The Balaban J connectivity index is 1.89. The summed E-state index contributed by atoms with van der Waals surface area (Å²) in [6.07, 6.45) is 5.50. The SMILES string of the molecule is CCn1cc(-c2cnc(C(=O)c3ccccc3)s2)cn1. The monoisotopic (exact) mass is 283 g/mol. The van der Waals surface area contributed by atoms with Crippen molar-refractivity contribution in [3.63, 3.8) is 0 Å². The van der Waals surface area contributed by atoms with Crippen LogP contribution in [0.15, 0.2) is 48.9 Å². The number of aromatic nitrogens is 3. The number of carbonyl (C=O) groups excluding carboxylic acids is 1. The van der Waals surface area contributed by atoms with Gasteiger partial charge in [-0.2, -0.15) is 5.10 Å². The number of hydrogen-bond acceptors (Lipinski definition) is 4. The van der Waals surface area contributed by atoms with Gasteiger partial charge in [0.2, 0.25) is 5.78 Å². The molecule has 0 spiro atoms. The molecule has 0 aliphatic carbocycles. The van der Waals surface area contributed by atoms with Crippen molar-refractivity contribution in [2.75, 3.05) is 0 Å². The van der Waals surface area contributed by atoms with Crippen LogP contribution in [-0.4, -0.2) is 20.5 Å². The second-order valence-corrected chi connectivity index (χ2v) is 5.34. The third-order valence-corrected chi connectivity index (χ3v) is 4.02.